The summed E-state index contributed by atoms with van der Waals surface area (Å²) < 4.78 is 5.68. The molecule has 108 valence electrons. The number of nitrogens with zero attached hydrogens (tertiary/aromatic N) is 1. The summed E-state index contributed by atoms with van der Waals surface area (Å²) >= 11 is 0. The van der Waals surface area contributed by atoms with Gasteiger partial charge in [-0.05, 0) is 38.2 Å². The van der Waals surface area contributed by atoms with E-state index < -0.39 is 0 Å². The fraction of sp³-hybridized carbons (Fsp3) is 0.412. The van der Waals surface area contributed by atoms with Crippen LogP contribution in [0, 0.1) is 6.92 Å². The fourth-order valence-electron chi connectivity index (χ4n) is 2.41. The summed E-state index contributed by atoms with van der Waals surface area (Å²) in [6.45, 7) is 6.86. The van der Waals surface area contributed by atoms with Crippen LogP contribution in [0.15, 0.2) is 46.9 Å². The summed E-state index contributed by atoms with van der Waals surface area (Å²) in [5.41, 5.74) is 1.33. The molecule has 1 N–H and O–H groups in total. The van der Waals surface area contributed by atoms with Crippen LogP contribution in [-0.4, -0.2) is 25.0 Å². The van der Waals surface area contributed by atoms with Crippen molar-refractivity contribution in [1.82, 2.24) is 10.2 Å². The first-order valence-corrected chi connectivity index (χ1v) is 7.22. The van der Waals surface area contributed by atoms with E-state index in [0.29, 0.717) is 6.04 Å². The molecular formula is C17H24N2O. The third-order valence-electron chi connectivity index (χ3n) is 3.51. The standard InChI is InChI=1S/C17H24N2O/c1-4-18-12-17(15-8-6-5-7-9-15)19(3)13-16-11-10-14(2)20-16/h5-11,17-18H,4,12-13H2,1-3H3. The molecule has 20 heavy (non-hydrogen) atoms. The molecule has 0 bridgehead atoms. The second kappa shape index (κ2) is 7.27. The number of nitrogens with one attached hydrogen (secondary N) is 1. The number of likely N-dealkylation sites (N-methyl/N-ethyl adjacent to an activating group) is 2. The highest BCUT2D eigenvalue weighted by molar-refractivity contribution is 5.19. The lowest BCUT2D eigenvalue weighted by atomic mass is 10.1. The van der Waals surface area contributed by atoms with Crippen molar-refractivity contribution in [2.24, 2.45) is 0 Å². The highest BCUT2D eigenvalue weighted by atomic mass is 16.3. The zero-order chi connectivity index (χ0) is 14.4. The molecule has 0 aliphatic rings. The second-order valence-electron chi connectivity index (χ2n) is 5.16. The molecule has 1 heterocycles. The predicted octanol–water partition coefficient (Wildman–Crippen LogP) is 3.37. The zero-order valence-electron chi connectivity index (χ0n) is 12.6. The van der Waals surface area contributed by atoms with Gasteiger partial charge < -0.3 is 9.73 Å². The van der Waals surface area contributed by atoms with Crippen molar-refractivity contribution in [3.05, 3.63) is 59.5 Å². The molecule has 3 nitrogen and oxygen atoms in total. The average molecular weight is 272 g/mol. The minimum atomic E-state index is 0.349. The molecule has 0 amide bonds. The Kier molecular flexibility index (Phi) is 5.39. The number of furan rings is 1. The minimum absolute atomic E-state index is 0.349. The molecule has 0 fully saturated rings. The minimum Gasteiger partial charge on any atom is -0.465 e. The van der Waals surface area contributed by atoms with Gasteiger partial charge >= 0.3 is 0 Å². The van der Waals surface area contributed by atoms with Crippen LogP contribution in [-0.2, 0) is 6.54 Å². The number of hydrogen-bond donors (Lipinski definition) is 1. The molecule has 1 aromatic heterocycles. The number of benzene rings is 1. The van der Waals surface area contributed by atoms with Gasteiger partial charge in [0.1, 0.15) is 11.5 Å². The van der Waals surface area contributed by atoms with Crippen LogP contribution in [0.3, 0.4) is 0 Å². The van der Waals surface area contributed by atoms with E-state index in [1.807, 2.05) is 13.0 Å². The molecule has 1 unspecified atom stereocenters. The van der Waals surface area contributed by atoms with Gasteiger partial charge in [0.25, 0.3) is 0 Å². The molecule has 0 aliphatic heterocycles. The van der Waals surface area contributed by atoms with Crippen LogP contribution in [0.2, 0.25) is 0 Å². The SMILES string of the molecule is CCNCC(c1ccccc1)N(C)Cc1ccc(C)o1. The van der Waals surface area contributed by atoms with E-state index in [1.165, 1.54) is 5.56 Å². The Balaban J connectivity index is 2.09. The molecule has 0 aliphatic carbocycles. The molecule has 2 aromatic rings. The second-order valence-corrected chi connectivity index (χ2v) is 5.16. The van der Waals surface area contributed by atoms with Crippen molar-refractivity contribution < 1.29 is 4.42 Å². The van der Waals surface area contributed by atoms with Crippen molar-refractivity contribution in [3.63, 3.8) is 0 Å². The van der Waals surface area contributed by atoms with Crippen LogP contribution in [0.25, 0.3) is 0 Å². The van der Waals surface area contributed by atoms with Gasteiger partial charge in [0, 0.05) is 12.6 Å². The van der Waals surface area contributed by atoms with Gasteiger partial charge in [-0.2, -0.15) is 0 Å². The maximum Gasteiger partial charge on any atom is 0.118 e. The van der Waals surface area contributed by atoms with Gasteiger partial charge in [0.05, 0.1) is 6.54 Å². The predicted molar refractivity (Wildman–Crippen MR) is 82.6 cm³/mol. The zero-order valence-corrected chi connectivity index (χ0v) is 12.6. The average Bonchev–Trinajstić information content (AvgIpc) is 2.86. The van der Waals surface area contributed by atoms with Gasteiger partial charge in [-0.15, -0.1) is 0 Å². The van der Waals surface area contributed by atoms with Gasteiger partial charge in [-0.25, -0.2) is 0 Å². The normalized spacial score (nSPS) is 12.8. The molecule has 0 radical (unpaired) electrons. The third-order valence-corrected chi connectivity index (χ3v) is 3.51. The van der Waals surface area contributed by atoms with Gasteiger partial charge in [-0.1, -0.05) is 37.3 Å². The van der Waals surface area contributed by atoms with Crippen LogP contribution in [0.4, 0.5) is 0 Å². The highest BCUT2D eigenvalue weighted by Crippen LogP contribution is 2.21. The summed E-state index contributed by atoms with van der Waals surface area (Å²) in [5, 5.41) is 3.45. The third kappa shape index (κ3) is 3.95. The Bertz CT molecular complexity index is 507. The summed E-state index contributed by atoms with van der Waals surface area (Å²) in [6.07, 6.45) is 0. The summed E-state index contributed by atoms with van der Waals surface area (Å²) in [7, 11) is 2.15. The lowest BCUT2D eigenvalue weighted by Crippen LogP contribution is -2.33. The van der Waals surface area contributed by atoms with Crippen LogP contribution < -0.4 is 5.32 Å². The Morgan fingerprint density at radius 3 is 2.50 bits per heavy atom. The van der Waals surface area contributed by atoms with Crippen LogP contribution >= 0.6 is 0 Å². The van der Waals surface area contributed by atoms with Crippen LogP contribution in [0.5, 0.6) is 0 Å². The monoisotopic (exact) mass is 272 g/mol. The number of hydrogen-bond acceptors (Lipinski definition) is 3. The van der Waals surface area contributed by atoms with Crippen molar-refractivity contribution >= 4 is 0 Å². The quantitative estimate of drug-likeness (QED) is 0.837. The molecule has 1 aromatic carbocycles. The Hall–Kier alpha value is -1.58. The maximum atomic E-state index is 5.68. The maximum absolute atomic E-state index is 5.68. The van der Waals surface area contributed by atoms with E-state index in [9.17, 15) is 0 Å². The summed E-state index contributed by atoms with van der Waals surface area (Å²) in [5.74, 6) is 1.98. The fourth-order valence-corrected chi connectivity index (χ4v) is 2.41. The molecule has 0 saturated carbocycles. The van der Waals surface area contributed by atoms with Gasteiger partial charge in [0.15, 0.2) is 0 Å². The van der Waals surface area contributed by atoms with E-state index >= 15 is 0 Å². The first-order valence-electron chi connectivity index (χ1n) is 7.22. The lowest BCUT2D eigenvalue weighted by Gasteiger charge is -2.28. The molecular weight excluding hydrogens is 248 g/mol. The van der Waals surface area contributed by atoms with Gasteiger partial charge in [-0.3, -0.25) is 4.90 Å². The Labute approximate surface area is 121 Å². The molecule has 2 rings (SSSR count). The first-order chi connectivity index (χ1) is 9.70. The topological polar surface area (TPSA) is 28.4 Å². The van der Waals surface area contributed by atoms with E-state index in [-0.39, 0.29) is 0 Å². The highest BCUT2D eigenvalue weighted by Gasteiger charge is 2.17. The van der Waals surface area contributed by atoms with Crippen LogP contribution in [0.1, 0.15) is 30.0 Å². The van der Waals surface area contributed by atoms with E-state index in [2.05, 4.69) is 60.6 Å². The van der Waals surface area contributed by atoms with Crippen molar-refractivity contribution in [1.29, 1.82) is 0 Å². The molecule has 0 saturated heterocycles. The number of aryl methyl sites for hydroxylation is 1. The summed E-state index contributed by atoms with van der Waals surface area (Å²) in [6, 6.07) is 15.0. The summed E-state index contributed by atoms with van der Waals surface area (Å²) in [4.78, 5) is 2.33. The number of rotatable bonds is 7. The van der Waals surface area contributed by atoms with E-state index in [4.69, 9.17) is 4.42 Å². The smallest absolute Gasteiger partial charge is 0.118 e. The van der Waals surface area contributed by atoms with Crippen molar-refractivity contribution in [2.75, 3.05) is 20.1 Å². The van der Waals surface area contributed by atoms with Crippen molar-refractivity contribution in [3.8, 4) is 0 Å². The van der Waals surface area contributed by atoms with Crippen molar-refractivity contribution in [2.45, 2.75) is 26.4 Å². The molecule has 3 heteroatoms. The molecule has 1 atom stereocenters. The lowest BCUT2D eigenvalue weighted by molar-refractivity contribution is 0.212. The van der Waals surface area contributed by atoms with E-state index in [0.717, 1.165) is 31.2 Å². The molecule has 0 spiro atoms. The Morgan fingerprint density at radius 2 is 1.90 bits per heavy atom. The van der Waals surface area contributed by atoms with E-state index in [1.54, 1.807) is 0 Å². The Morgan fingerprint density at radius 1 is 1.15 bits per heavy atom. The first kappa shape index (κ1) is 14.8. The largest absolute Gasteiger partial charge is 0.465 e. The van der Waals surface area contributed by atoms with Gasteiger partial charge in [0.2, 0.25) is 0 Å².